The maximum atomic E-state index is 11.3. The third-order valence-electron chi connectivity index (χ3n) is 3.62. The van der Waals surface area contributed by atoms with E-state index in [4.69, 9.17) is 5.73 Å². The number of unbranched alkanes of at least 4 members (excludes halogenated alkanes) is 1. The van der Waals surface area contributed by atoms with Crippen molar-refractivity contribution in [3.63, 3.8) is 0 Å². The maximum Gasteiger partial charge on any atom is 0.236 e. The standard InChI is InChI=1S/C16H25N3O/c1-2-3-10-19(12-16(17)20)15-7-5-4-6-13(15)11-18-14-8-9-14/h4-7,14,18H,2-3,8-12H2,1H3,(H2,17,20). The van der Waals surface area contributed by atoms with Crippen LogP contribution < -0.4 is 16.0 Å². The lowest BCUT2D eigenvalue weighted by molar-refractivity contribution is -0.116. The first-order valence-corrected chi connectivity index (χ1v) is 7.55. The normalized spacial score (nSPS) is 14.2. The lowest BCUT2D eigenvalue weighted by atomic mass is 10.1. The minimum Gasteiger partial charge on any atom is -0.368 e. The molecule has 0 heterocycles. The molecule has 1 aromatic rings. The van der Waals surface area contributed by atoms with E-state index in [0.29, 0.717) is 12.6 Å². The molecule has 0 aromatic heterocycles. The zero-order chi connectivity index (χ0) is 14.4. The maximum absolute atomic E-state index is 11.3. The Bertz CT molecular complexity index is 443. The van der Waals surface area contributed by atoms with E-state index in [1.165, 1.54) is 18.4 Å². The van der Waals surface area contributed by atoms with Crippen LogP contribution in [0.2, 0.25) is 0 Å². The molecule has 2 rings (SSSR count). The number of para-hydroxylation sites is 1. The fraction of sp³-hybridized carbons (Fsp3) is 0.562. The molecule has 3 N–H and O–H groups in total. The van der Waals surface area contributed by atoms with Gasteiger partial charge in [-0.2, -0.15) is 0 Å². The summed E-state index contributed by atoms with van der Waals surface area (Å²) in [4.78, 5) is 13.4. The Balaban J connectivity index is 2.09. The van der Waals surface area contributed by atoms with Gasteiger partial charge in [0.25, 0.3) is 0 Å². The lowest BCUT2D eigenvalue weighted by Crippen LogP contribution is -2.35. The number of nitrogens with one attached hydrogen (secondary N) is 1. The van der Waals surface area contributed by atoms with E-state index in [1.54, 1.807) is 0 Å². The van der Waals surface area contributed by atoms with Crippen molar-refractivity contribution in [2.24, 2.45) is 5.73 Å². The molecule has 0 aliphatic heterocycles. The van der Waals surface area contributed by atoms with E-state index in [2.05, 4.69) is 35.3 Å². The van der Waals surface area contributed by atoms with Crippen LogP contribution in [0.4, 0.5) is 5.69 Å². The van der Waals surface area contributed by atoms with Gasteiger partial charge in [0.2, 0.25) is 5.91 Å². The van der Waals surface area contributed by atoms with Crippen LogP contribution in [0.1, 0.15) is 38.2 Å². The summed E-state index contributed by atoms with van der Waals surface area (Å²) in [6.45, 7) is 4.19. The summed E-state index contributed by atoms with van der Waals surface area (Å²) in [6.07, 6.45) is 4.74. The predicted molar refractivity (Wildman–Crippen MR) is 82.6 cm³/mol. The molecule has 0 unspecified atom stereocenters. The highest BCUT2D eigenvalue weighted by atomic mass is 16.1. The number of benzene rings is 1. The number of anilines is 1. The van der Waals surface area contributed by atoms with Crippen LogP contribution in [0.15, 0.2) is 24.3 Å². The van der Waals surface area contributed by atoms with Gasteiger partial charge in [-0.05, 0) is 30.9 Å². The second-order valence-electron chi connectivity index (χ2n) is 5.53. The SMILES string of the molecule is CCCCN(CC(N)=O)c1ccccc1CNC1CC1. The molecule has 1 aliphatic rings. The average Bonchev–Trinajstić information content (AvgIpc) is 3.25. The number of nitrogens with two attached hydrogens (primary N) is 1. The number of hydrogen-bond donors (Lipinski definition) is 2. The highest BCUT2D eigenvalue weighted by Crippen LogP contribution is 2.24. The van der Waals surface area contributed by atoms with E-state index in [1.807, 2.05) is 6.07 Å². The van der Waals surface area contributed by atoms with Gasteiger partial charge >= 0.3 is 0 Å². The van der Waals surface area contributed by atoms with Gasteiger partial charge < -0.3 is 16.0 Å². The highest BCUT2D eigenvalue weighted by Gasteiger charge is 2.21. The van der Waals surface area contributed by atoms with Crippen molar-refractivity contribution in [3.8, 4) is 0 Å². The second-order valence-corrected chi connectivity index (χ2v) is 5.53. The molecule has 1 fully saturated rings. The molecule has 20 heavy (non-hydrogen) atoms. The summed E-state index contributed by atoms with van der Waals surface area (Å²) < 4.78 is 0. The topological polar surface area (TPSA) is 58.4 Å². The van der Waals surface area contributed by atoms with E-state index in [0.717, 1.165) is 31.6 Å². The van der Waals surface area contributed by atoms with Gasteiger partial charge in [-0.25, -0.2) is 0 Å². The molecule has 1 amide bonds. The molecule has 0 spiro atoms. The second kappa shape index (κ2) is 7.29. The molecule has 0 bridgehead atoms. The number of amides is 1. The Morgan fingerprint density at radius 2 is 2.15 bits per heavy atom. The van der Waals surface area contributed by atoms with Crippen molar-refractivity contribution in [2.75, 3.05) is 18.0 Å². The van der Waals surface area contributed by atoms with Crippen molar-refractivity contribution < 1.29 is 4.79 Å². The minimum atomic E-state index is -0.272. The van der Waals surface area contributed by atoms with Crippen LogP contribution in [-0.2, 0) is 11.3 Å². The molecule has 4 nitrogen and oxygen atoms in total. The smallest absolute Gasteiger partial charge is 0.236 e. The minimum absolute atomic E-state index is 0.272. The first-order valence-electron chi connectivity index (χ1n) is 7.55. The fourth-order valence-corrected chi connectivity index (χ4v) is 2.33. The average molecular weight is 275 g/mol. The quantitative estimate of drug-likeness (QED) is 0.725. The molecule has 0 saturated heterocycles. The fourth-order valence-electron chi connectivity index (χ4n) is 2.33. The van der Waals surface area contributed by atoms with Crippen LogP contribution in [0, 0.1) is 0 Å². The van der Waals surface area contributed by atoms with Crippen LogP contribution >= 0.6 is 0 Å². The first kappa shape index (κ1) is 14.9. The summed E-state index contributed by atoms with van der Waals surface area (Å²) in [6, 6.07) is 8.97. The molecule has 0 radical (unpaired) electrons. The van der Waals surface area contributed by atoms with Crippen molar-refractivity contribution in [1.82, 2.24) is 5.32 Å². The van der Waals surface area contributed by atoms with Crippen molar-refractivity contribution in [2.45, 2.75) is 45.2 Å². The zero-order valence-electron chi connectivity index (χ0n) is 12.3. The van der Waals surface area contributed by atoms with Crippen molar-refractivity contribution in [3.05, 3.63) is 29.8 Å². The van der Waals surface area contributed by atoms with E-state index >= 15 is 0 Å². The van der Waals surface area contributed by atoms with Crippen molar-refractivity contribution in [1.29, 1.82) is 0 Å². The highest BCUT2D eigenvalue weighted by molar-refractivity contribution is 5.80. The third-order valence-corrected chi connectivity index (χ3v) is 3.62. The zero-order valence-corrected chi connectivity index (χ0v) is 12.3. The lowest BCUT2D eigenvalue weighted by Gasteiger charge is -2.26. The number of carbonyl (C=O) groups excluding carboxylic acids is 1. The summed E-state index contributed by atoms with van der Waals surface area (Å²) in [5, 5.41) is 3.53. The number of nitrogens with zero attached hydrogens (tertiary/aromatic N) is 1. The van der Waals surface area contributed by atoms with Gasteiger partial charge in [-0.1, -0.05) is 31.5 Å². The first-order chi connectivity index (χ1) is 9.70. The molecular weight excluding hydrogens is 250 g/mol. The van der Waals surface area contributed by atoms with Crippen LogP contribution in [0.5, 0.6) is 0 Å². The Kier molecular flexibility index (Phi) is 5.41. The van der Waals surface area contributed by atoms with Gasteiger partial charge in [-0.3, -0.25) is 4.79 Å². The summed E-state index contributed by atoms with van der Waals surface area (Å²) in [5.41, 5.74) is 7.77. The number of hydrogen-bond acceptors (Lipinski definition) is 3. The molecule has 0 atom stereocenters. The van der Waals surface area contributed by atoms with E-state index < -0.39 is 0 Å². The predicted octanol–water partition coefficient (Wildman–Crippen LogP) is 2.03. The number of primary amides is 1. The van der Waals surface area contributed by atoms with Crippen LogP contribution in [0.3, 0.4) is 0 Å². The summed E-state index contributed by atoms with van der Waals surface area (Å²) in [5.74, 6) is -0.272. The molecule has 4 heteroatoms. The molecular formula is C16H25N3O. The van der Waals surface area contributed by atoms with Crippen LogP contribution in [-0.4, -0.2) is 25.0 Å². The number of carbonyl (C=O) groups is 1. The van der Waals surface area contributed by atoms with Gasteiger partial charge in [0, 0.05) is 24.8 Å². The molecule has 1 aromatic carbocycles. The third kappa shape index (κ3) is 4.53. The van der Waals surface area contributed by atoms with Crippen molar-refractivity contribution >= 4 is 11.6 Å². The summed E-state index contributed by atoms with van der Waals surface area (Å²) >= 11 is 0. The Morgan fingerprint density at radius 1 is 1.40 bits per heavy atom. The number of rotatable bonds is 9. The van der Waals surface area contributed by atoms with Gasteiger partial charge in [-0.15, -0.1) is 0 Å². The monoisotopic (exact) mass is 275 g/mol. The van der Waals surface area contributed by atoms with Gasteiger partial charge in [0.1, 0.15) is 0 Å². The Labute approximate surface area is 121 Å². The Morgan fingerprint density at radius 3 is 2.80 bits per heavy atom. The Hall–Kier alpha value is -1.55. The van der Waals surface area contributed by atoms with Crippen LogP contribution in [0.25, 0.3) is 0 Å². The molecule has 1 saturated carbocycles. The summed E-state index contributed by atoms with van der Waals surface area (Å²) in [7, 11) is 0. The van der Waals surface area contributed by atoms with E-state index in [-0.39, 0.29) is 5.91 Å². The van der Waals surface area contributed by atoms with Gasteiger partial charge in [0.05, 0.1) is 6.54 Å². The molecule has 110 valence electrons. The molecule has 1 aliphatic carbocycles. The van der Waals surface area contributed by atoms with E-state index in [9.17, 15) is 4.79 Å². The largest absolute Gasteiger partial charge is 0.368 e. The van der Waals surface area contributed by atoms with Gasteiger partial charge in [0.15, 0.2) is 0 Å².